The van der Waals surface area contributed by atoms with Crippen LogP contribution in [-0.2, 0) is 0 Å². The zero-order valence-corrected chi connectivity index (χ0v) is 7.87. The van der Waals surface area contributed by atoms with Gasteiger partial charge in [0.15, 0.2) is 5.58 Å². The minimum atomic E-state index is 0.409. The first-order valence-electron chi connectivity index (χ1n) is 4.46. The molecule has 1 aromatic carbocycles. The molecule has 0 fully saturated rings. The number of hydrogen-bond donors (Lipinski definition) is 1. The van der Waals surface area contributed by atoms with Crippen LogP contribution in [0.5, 0.6) is 0 Å². The first-order chi connectivity index (χ1) is 6.18. The molecule has 2 N–H and O–H groups in total. The van der Waals surface area contributed by atoms with Crippen molar-refractivity contribution in [2.75, 3.05) is 5.73 Å². The third kappa shape index (κ3) is 1.28. The molecule has 2 rings (SSSR count). The van der Waals surface area contributed by atoms with E-state index in [1.165, 1.54) is 0 Å². The van der Waals surface area contributed by atoms with Crippen molar-refractivity contribution in [2.45, 2.75) is 19.8 Å². The minimum Gasteiger partial charge on any atom is -0.459 e. The van der Waals surface area contributed by atoms with Crippen molar-refractivity contribution in [1.29, 1.82) is 0 Å². The van der Waals surface area contributed by atoms with Gasteiger partial charge in [-0.2, -0.15) is 0 Å². The van der Waals surface area contributed by atoms with Gasteiger partial charge in [-0.1, -0.05) is 26.0 Å². The van der Waals surface area contributed by atoms with Crippen LogP contribution in [0.4, 0.5) is 5.69 Å². The van der Waals surface area contributed by atoms with E-state index in [2.05, 4.69) is 19.9 Å². The van der Waals surface area contributed by atoms with E-state index >= 15 is 0 Å². The number of para-hydroxylation sites is 1. The minimum absolute atomic E-state index is 0.409. The van der Waals surface area contributed by atoms with E-state index < -0.39 is 0 Å². The summed E-state index contributed by atoms with van der Waals surface area (Å²) in [5.41, 5.74) is 7.30. The molecule has 2 aromatic rings. The average molecular weight is 175 g/mol. The average Bonchev–Trinajstić information content (AvgIpc) is 2.49. The lowest BCUT2D eigenvalue weighted by molar-refractivity contribution is 0.522. The van der Waals surface area contributed by atoms with Crippen LogP contribution in [0, 0.1) is 0 Å². The van der Waals surface area contributed by atoms with E-state index in [9.17, 15) is 0 Å². The van der Waals surface area contributed by atoms with Crippen LogP contribution in [0.15, 0.2) is 28.7 Å². The quantitative estimate of drug-likeness (QED) is 0.676. The molecule has 0 aliphatic rings. The molecule has 1 heterocycles. The molecule has 0 amide bonds. The van der Waals surface area contributed by atoms with Crippen molar-refractivity contribution in [3.05, 3.63) is 30.0 Å². The monoisotopic (exact) mass is 175 g/mol. The zero-order chi connectivity index (χ0) is 9.42. The Bertz CT molecular complexity index is 429. The molecule has 0 saturated heterocycles. The Hall–Kier alpha value is -1.44. The van der Waals surface area contributed by atoms with Crippen molar-refractivity contribution in [3.8, 4) is 0 Å². The fourth-order valence-electron chi connectivity index (χ4n) is 1.39. The highest BCUT2D eigenvalue weighted by atomic mass is 16.3. The van der Waals surface area contributed by atoms with Crippen molar-refractivity contribution in [3.63, 3.8) is 0 Å². The normalized spacial score (nSPS) is 11.3. The molecule has 0 radical (unpaired) electrons. The summed E-state index contributed by atoms with van der Waals surface area (Å²) in [4.78, 5) is 0. The molecule has 2 nitrogen and oxygen atoms in total. The molecule has 68 valence electrons. The van der Waals surface area contributed by atoms with E-state index in [0.717, 1.165) is 16.7 Å². The number of anilines is 1. The SMILES string of the molecule is CC(C)c1cc2cccc(N)c2o1. The second kappa shape index (κ2) is 2.80. The van der Waals surface area contributed by atoms with E-state index in [1.54, 1.807) is 0 Å². The third-order valence-electron chi connectivity index (χ3n) is 2.16. The smallest absolute Gasteiger partial charge is 0.157 e. The summed E-state index contributed by atoms with van der Waals surface area (Å²) in [6.07, 6.45) is 0. The maximum atomic E-state index is 5.78. The molecule has 0 unspecified atom stereocenters. The Morgan fingerprint density at radius 2 is 2.08 bits per heavy atom. The van der Waals surface area contributed by atoms with Gasteiger partial charge in [-0.05, 0) is 12.1 Å². The first-order valence-corrected chi connectivity index (χ1v) is 4.46. The Morgan fingerprint density at radius 3 is 2.69 bits per heavy atom. The number of rotatable bonds is 1. The molecule has 1 aromatic heterocycles. The van der Waals surface area contributed by atoms with Gasteiger partial charge >= 0.3 is 0 Å². The Kier molecular flexibility index (Phi) is 1.76. The van der Waals surface area contributed by atoms with Crippen molar-refractivity contribution in [2.24, 2.45) is 0 Å². The number of nitrogens with two attached hydrogens (primary N) is 1. The number of hydrogen-bond acceptors (Lipinski definition) is 2. The van der Waals surface area contributed by atoms with Crippen LogP contribution in [0.3, 0.4) is 0 Å². The second-order valence-corrected chi connectivity index (χ2v) is 3.57. The van der Waals surface area contributed by atoms with Gasteiger partial charge in [0.05, 0.1) is 5.69 Å². The molecular weight excluding hydrogens is 162 g/mol. The fraction of sp³-hybridized carbons (Fsp3) is 0.273. The van der Waals surface area contributed by atoms with Crippen LogP contribution in [-0.4, -0.2) is 0 Å². The Balaban J connectivity index is 2.68. The third-order valence-corrected chi connectivity index (χ3v) is 2.16. The molecule has 0 spiro atoms. The Labute approximate surface area is 77.3 Å². The molecule has 13 heavy (non-hydrogen) atoms. The molecule has 0 aliphatic carbocycles. The van der Waals surface area contributed by atoms with Crippen LogP contribution in [0.25, 0.3) is 11.0 Å². The van der Waals surface area contributed by atoms with Crippen LogP contribution < -0.4 is 5.73 Å². The van der Waals surface area contributed by atoms with Crippen LogP contribution >= 0.6 is 0 Å². The second-order valence-electron chi connectivity index (χ2n) is 3.57. The number of fused-ring (bicyclic) bond motifs is 1. The van der Waals surface area contributed by atoms with Crippen LogP contribution in [0.2, 0.25) is 0 Å². The summed E-state index contributed by atoms with van der Waals surface area (Å²) in [7, 11) is 0. The largest absolute Gasteiger partial charge is 0.459 e. The lowest BCUT2D eigenvalue weighted by atomic mass is 10.1. The summed E-state index contributed by atoms with van der Waals surface area (Å²) < 4.78 is 5.64. The lowest BCUT2D eigenvalue weighted by Crippen LogP contribution is -1.83. The van der Waals surface area contributed by atoms with Gasteiger partial charge in [-0.3, -0.25) is 0 Å². The lowest BCUT2D eigenvalue weighted by Gasteiger charge is -1.96. The van der Waals surface area contributed by atoms with Gasteiger partial charge in [-0.15, -0.1) is 0 Å². The number of benzene rings is 1. The molecule has 2 heteroatoms. The molecule has 0 saturated carbocycles. The van der Waals surface area contributed by atoms with E-state index in [-0.39, 0.29) is 0 Å². The maximum Gasteiger partial charge on any atom is 0.157 e. The highest BCUT2D eigenvalue weighted by molar-refractivity contribution is 5.88. The summed E-state index contributed by atoms with van der Waals surface area (Å²) >= 11 is 0. The summed E-state index contributed by atoms with van der Waals surface area (Å²) in [5.74, 6) is 1.40. The summed E-state index contributed by atoms with van der Waals surface area (Å²) in [6, 6.07) is 7.87. The van der Waals surface area contributed by atoms with E-state index in [0.29, 0.717) is 11.6 Å². The molecular formula is C11H13NO. The van der Waals surface area contributed by atoms with Gasteiger partial charge in [0.25, 0.3) is 0 Å². The van der Waals surface area contributed by atoms with Crippen LogP contribution in [0.1, 0.15) is 25.5 Å². The highest BCUT2D eigenvalue weighted by Gasteiger charge is 2.08. The predicted molar refractivity (Wildman–Crippen MR) is 54.7 cm³/mol. The summed E-state index contributed by atoms with van der Waals surface area (Å²) in [6.45, 7) is 4.21. The topological polar surface area (TPSA) is 39.2 Å². The van der Waals surface area contributed by atoms with Crippen molar-refractivity contribution in [1.82, 2.24) is 0 Å². The fourth-order valence-corrected chi connectivity index (χ4v) is 1.39. The van der Waals surface area contributed by atoms with E-state index in [4.69, 9.17) is 10.2 Å². The number of furan rings is 1. The van der Waals surface area contributed by atoms with E-state index in [1.807, 2.05) is 18.2 Å². The van der Waals surface area contributed by atoms with Gasteiger partial charge in [0, 0.05) is 11.3 Å². The zero-order valence-electron chi connectivity index (χ0n) is 7.87. The van der Waals surface area contributed by atoms with Gasteiger partial charge in [0.2, 0.25) is 0 Å². The van der Waals surface area contributed by atoms with Gasteiger partial charge < -0.3 is 10.2 Å². The molecule has 0 aliphatic heterocycles. The maximum absolute atomic E-state index is 5.78. The first kappa shape index (κ1) is 8.17. The highest BCUT2D eigenvalue weighted by Crippen LogP contribution is 2.28. The molecule has 0 bridgehead atoms. The van der Waals surface area contributed by atoms with Gasteiger partial charge in [0.1, 0.15) is 5.76 Å². The van der Waals surface area contributed by atoms with Gasteiger partial charge in [-0.25, -0.2) is 0 Å². The number of nitrogen functional groups attached to an aromatic ring is 1. The summed E-state index contributed by atoms with van der Waals surface area (Å²) in [5, 5.41) is 1.09. The van der Waals surface area contributed by atoms with Crippen molar-refractivity contribution >= 4 is 16.7 Å². The Morgan fingerprint density at radius 1 is 1.31 bits per heavy atom. The van der Waals surface area contributed by atoms with Crippen molar-refractivity contribution < 1.29 is 4.42 Å². The molecule has 0 atom stereocenters. The standard InChI is InChI=1S/C11H13NO/c1-7(2)10-6-8-4-3-5-9(12)11(8)13-10/h3-7H,12H2,1-2H3. The predicted octanol–water partition coefficient (Wildman–Crippen LogP) is 3.14.